The van der Waals surface area contributed by atoms with Crippen LogP contribution in [0.2, 0.25) is 0 Å². The molecule has 0 spiro atoms. The molecule has 7 heteroatoms. The van der Waals surface area contributed by atoms with Gasteiger partial charge in [-0.15, -0.1) is 0 Å². The Morgan fingerprint density at radius 1 is 1.20 bits per heavy atom. The monoisotopic (exact) mass is 287 g/mol. The van der Waals surface area contributed by atoms with Crippen LogP contribution < -0.4 is 0 Å². The molecule has 1 N–H and O–H groups in total. The van der Waals surface area contributed by atoms with Crippen LogP contribution in [-0.4, -0.2) is 23.6 Å². The molecule has 2 heterocycles. The van der Waals surface area contributed by atoms with Crippen molar-refractivity contribution in [1.29, 1.82) is 0 Å². The van der Waals surface area contributed by atoms with Crippen molar-refractivity contribution >= 4 is 25.8 Å². The van der Waals surface area contributed by atoms with Crippen LogP contribution in [0.25, 0.3) is 0 Å². The molecule has 0 fully saturated rings. The van der Waals surface area contributed by atoms with E-state index in [0.29, 0.717) is 0 Å². The van der Waals surface area contributed by atoms with E-state index in [1.54, 1.807) is 6.07 Å². The maximum absolute atomic E-state index is 11.8. The van der Waals surface area contributed by atoms with E-state index in [1.165, 1.54) is 24.5 Å². The molecule has 0 atom stereocenters. The molecule has 0 bridgehead atoms. The number of sulfone groups is 1. The van der Waals surface area contributed by atoms with Gasteiger partial charge in [-0.1, -0.05) is 0 Å². The molecular formula is C8H6BrN3O2S. The molecule has 0 aliphatic carbocycles. The first-order valence-corrected chi connectivity index (χ1v) is 6.25. The Morgan fingerprint density at radius 2 is 2.00 bits per heavy atom. The van der Waals surface area contributed by atoms with E-state index in [1.807, 2.05) is 0 Å². The molecule has 0 amide bonds. The SMILES string of the molecule is O=S(=O)(c1ccc(Br)cn1)c1cc[nH]n1. The maximum Gasteiger partial charge on any atom is 0.242 e. The third kappa shape index (κ3) is 1.93. The molecule has 0 aliphatic heterocycles. The van der Waals surface area contributed by atoms with Crippen LogP contribution in [0.4, 0.5) is 0 Å². The normalized spacial score (nSPS) is 11.5. The zero-order valence-electron chi connectivity index (χ0n) is 7.38. The minimum atomic E-state index is -3.59. The highest BCUT2D eigenvalue weighted by Crippen LogP contribution is 2.17. The highest BCUT2D eigenvalue weighted by atomic mass is 79.9. The van der Waals surface area contributed by atoms with Crippen molar-refractivity contribution in [3.63, 3.8) is 0 Å². The molecule has 0 unspecified atom stereocenters. The Morgan fingerprint density at radius 3 is 2.53 bits per heavy atom. The van der Waals surface area contributed by atoms with Crippen molar-refractivity contribution in [1.82, 2.24) is 15.2 Å². The summed E-state index contributed by atoms with van der Waals surface area (Å²) in [6.07, 6.45) is 2.88. The summed E-state index contributed by atoms with van der Waals surface area (Å²) in [5.41, 5.74) is 0. The average molecular weight is 288 g/mol. The molecule has 0 radical (unpaired) electrons. The van der Waals surface area contributed by atoms with Crippen LogP contribution >= 0.6 is 15.9 Å². The first-order valence-electron chi connectivity index (χ1n) is 3.97. The molecule has 5 nitrogen and oxygen atoms in total. The summed E-state index contributed by atoms with van der Waals surface area (Å²) in [5, 5.41) is 6.03. The van der Waals surface area contributed by atoms with E-state index in [-0.39, 0.29) is 10.1 Å². The van der Waals surface area contributed by atoms with Gasteiger partial charge in [-0.05, 0) is 34.1 Å². The van der Waals surface area contributed by atoms with Gasteiger partial charge >= 0.3 is 0 Å². The third-order valence-corrected chi connectivity index (χ3v) is 3.77. The smallest absolute Gasteiger partial charge is 0.242 e. The van der Waals surface area contributed by atoms with Crippen LogP contribution in [0.1, 0.15) is 0 Å². The number of nitrogens with zero attached hydrogens (tertiary/aromatic N) is 2. The number of aromatic amines is 1. The lowest BCUT2D eigenvalue weighted by Gasteiger charge is -1.99. The van der Waals surface area contributed by atoms with Crippen molar-refractivity contribution in [3.05, 3.63) is 35.1 Å². The van der Waals surface area contributed by atoms with Gasteiger partial charge in [-0.3, -0.25) is 5.10 Å². The Balaban J connectivity index is 2.52. The highest BCUT2D eigenvalue weighted by molar-refractivity contribution is 9.10. The van der Waals surface area contributed by atoms with E-state index in [2.05, 4.69) is 31.1 Å². The number of hydrogen-bond acceptors (Lipinski definition) is 4. The molecule has 0 saturated carbocycles. The first kappa shape index (κ1) is 10.3. The zero-order valence-corrected chi connectivity index (χ0v) is 9.79. The minimum absolute atomic E-state index is 0.0159. The van der Waals surface area contributed by atoms with E-state index in [0.717, 1.165) is 4.47 Å². The second-order valence-electron chi connectivity index (χ2n) is 2.73. The zero-order chi connectivity index (χ0) is 10.9. The Bertz CT molecular complexity index is 548. The van der Waals surface area contributed by atoms with Crippen LogP contribution in [-0.2, 0) is 9.84 Å². The van der Waals surface area contributed by atoms with Gasteiger partial charge in [0.1, 0.15) is 0 Å². The average Bonchev–Trinajstić information content (AvgIpc) is 2.71. The van der Waals surface area contributed by atoms with Gasteiger partial charge in [0.2, 0.25) is 9.84 Å². The summed E-state index contributed by atoms with van der Waals surface area (Å²) < 4.78 is 24.4. The van der Waals surface area contributed by atoms with Gasteiger partial charge < -0.3 is 0 Å². The first-order chi connectivity index (χ1) is 7.10. The van der Waals surface area contributed by atoms with Crippen LogP contribution in [0, 0.1) is 0 Å². The van der Waals surface area contributed by atoms with E-state index in [4.69, 9.17) is 0 Å². The quantitative estimate of drug-likeness (QED) is 0.906. The Hall–Kier alpha value is -1.21. The lowest BCUT2D eigenvalue weighted by molar-refractivity contribution is 0.588. The Labute approximate surface area is 94.6 Å². The number of rotatable bonds is 2. The van der Waals surface area contributed by atoms with Gasteiger partial charge in [0.15, 0.2) is 10.1 Å². The lowest BCUT2D eigenvalue weighted by atomic mass is 10.5. The minimum Gasteiger partial charge on any atom is -0.284 e. The predicted molar refractivity (Wildman–Crippen MR) is 56.0 cm³/mol. The van der Waals surface area contributed by atoms with E-state index >= 15 is 0 Å². The summed E-state index contributed by atoms with van der Waals surface area (Å²) in [6, 6.07) is 4.43. The second-order valence-corrected chi connectivity index (χ2v) is 5.49. The third-order valence-electron chi connectivity index (χ3n) is 1.73. The van der Waals surface area contributed by atoms with Crippen LogP contribution in [0.15, 0.2) is 45.1 Å². The maximum atomic E-state index is 11.8. The summed E-state index contributed by atoms with van der Waals surface area (Å²) >= 11 is 3.18. The number of pyridine rings is 1. The summed E-state index contributed by atoms with van der Waals surface area (Å²) in [4.78, 5) is 3.82. The molecule has 78 valence electrons. The molecule has 2 aromatic rings. The number of nitrogens with one attached hydrogen (secondary N) is 1. The summed E-state index contributed by atoms with van der Waals surface area (Å²) in [5.74, 6) is 0. The number of halogens is 1. The van der Waals surface area contributed by atoms with Crippen LogP contribution in [0.3, 0.4) is 0 Å². The number of hydrogen-bond donors (Lipinski definition) is 1. The van der Waals surface area contributed by atoms with Gasteiger partial charge in [-0.25, -0.2) is 13.4 Å². The van der Waals surface area contributed by atoms with Crippen molar-refractivity contribution in [2.24, 2.45) is 0 Å². The molecule has 2 rings (SSSR count). The number of H-pyrrole nitrogens is 1. The fourth-order valence-electron chi connectivity index (χ4n) is 1.02. The summed E-state index contributed by atoms with van der Waals surface area (Å²) in [6.45, 7) is 0. The van der Waals surface area contributed by atoms with Gasteiger partial charge in [0.25, 0.3) is 0 Å². The molecule has 0 aromatic carbocycles. The van der Waals surface area contributed by atoms with Crippen molar-refractivity contribution in [3.8, 4) is 0 Å². The van der Waals surface area contributed by atoms with Crippen molar-refractivity contribution in [2.75, 3.05) is 0 Å². The van der Waals surface area contributed by atoms with Crippen molar-refractivity contribution < 1.29 is 8.42 Å². The van der Waals surface area contributed by atoms with Gasteiger partial charge in [-0.2, -0.15) is 5.10 Å². The molecule has 15 heavy (non-hydrogen) atoms. The van der Waals surface area contributed by atoms with Crippen LogP contribution in [0.5, 0.6) is 0 Å². The fourth-order valence-corrected chi connectivity index (χ4v) is 2.33. The van der Waals surface area contributed by atoms with E-state index < -0.39 is 9.84 Å². The number of aromatic nitrogens is 3. The molecule has 2 aromatic heterocycles. The van der Waals surface area contributed by atoms with Crippen molar-refractivity contribution in [2.45, 2.75) is 10.1 Å². The van der Waals surface area contributed by atoms with Gasteiger partial charge in [0, 0.05) is 16.9 Å². The standard InChI is InChI=1S/C8H6BrN3O2S/c9-6-1-2-7(10-5-6)15(13,14)8-3-4-11-12-8/h1-5H,(H,11,12). The lowest BCUT2D eigenvalue weighted by Crippen LogP contribution is -2.04. The highest BCUT2D eigenvalue weighted by Gasteiger charge is 2.20. The molecular weight excluding hydrogens is 282 g/mol. The fraction of sp³-hybridized carbons (Fsp3) is 0. The Kier molecular flexibility index (Phi) is 2.57. The predicted octanol–water partition coefficient (Wildman–Crippen LogP) is 1.40. The summed E-state index contributed by atoms with van der Waals surface area (Å²) in [7, 11) is -3.59. The topological polar surface area (TPSA) is 75.7 Å². The van der Waals surface area contributed by atoms with Gasteiger partial charge in [0.05, 0.1) is 0 Å². The largest absolute Gasteiger partial charge is 0.284 e. The molecule has 0 saturated heterocycles. The molecule has 0 aliphatic rings. The second kappa shape index (κ2) is 3.74. The van der Waals surface area contributed by atoms with E-state index in [9.17, 15) is 8.42 Å².